The van der Waals surface area contributed by atoms with Crippen LogP contribution >= 0.6 is 22.9 Å². The lowest BCUT2D eigenvalue weighted by Crippen LogP contribution is -2.45. The first-order valence-corrected chi connectivity index (χ1v) is 9.21. The Kier molecular flexibility index (Phi) is 6.06. The molecule has 0 aliphatic carbocycles. The van der Waals surface area contributed by atoms with Crippen LogP contribution in [0.5, 0.6) is 5.75 Å². The number of halogens is 5. The number of alkyl halides is 4. The summed E-state index contributed by atoms with van der Waals surface area (Å²) in [6.45, 7) is 3.13. The van der Waals surface area contributed by atoms with E-state index in [2.05, 4.69) is 15.0 Å². The molecule has 0 amide bonds. The van der Waals surface area contributed by atoms with Crippen molar-refractivity contribution in [2.24, 2.45) is 0 Å². The molecule has 2 aromatic rings. The molecule has 142 valence electrons. The molecule has 26 heavy (non-hydrogen) atoms. The Morgan fingerprint density at radius 1 is 1.15 bits per heavy atom. The Balaban J connectivity index is 1.92. The Hall–Kier alpha value is -1.35. The third-order valence-electron chi connectivity index (χ3n) is 4.06. The second-order valence-corrected chi connectivity index (χ2v) is 7.61. The Morgan fingerprint density at radius 2 is 1.88 bits per heavy atom. The van der Waals surface area contributed by atoms with Crippen molar-refractivity contribution in [3.63, 3.8) is 0 Å². The summed E-state index contributed by atoms with van der Waals surface area (Å²) in [5.74, 6) is -0.296. The molecule has 1 aromatic heterocycles. The molecule has 0 saturated carbocycles. The second-order valence-electron chi connectivity index (χ2n) is 5.87. The lowest BCUT2D eigenvalue weighted by atomic mass is 10.0. The van der Waals surface area contributed by atoms with E-state index in [9.17, 15) is 17.6 Å². The van der Waals surface area contributed by atoms with E-state index in [4.69, 9.17) is 11.6 Å². The number of hydrogen-bond acceptors (Lipinski definition) is 4. The van der Waals surface area contributed by atoms with Crippen molar-refractivity contribution in [1.82, 2.24) is 10.2 Å². The quantitative estimate of drug-likeness (QED) is 0.705. The number of thiophene rings is 1. The molecular weight excluding hydrogens is 392 g/mol. The summed E-state index contributed by atoms with van der Waals surface area (Å²) in [5, 5.41) is 3.26. The van der Waals surface area contributed by atoms with Crippen molar-refractivity contribution in [3.05, 3.63) is 51.2 Å². The number of rotatable bonds is 6. The number of nitrogens with zero attached hydrogens (tertiary/aromatic N) is 1. The van der Waals surface area contributed by atoms with Crippen LogP contribution in [-0.2, 0) is 0 Å². The van der Waals surface area contributed by atoms with Crippen LogP contribution in [0.2, 0.25) is 4.34 Å². The van der Waals surface area contributed by atoms with E-state index in [0.29, 0.717) is 9.90 Å². The average molecular weight is 409 g/mol. The zero-order valence-electron chi connectivity index (χ0n) is 13.6. The van der Waals surface area contributed by atoms with Crippen molar-refractivity contribution >= 4 is 22.9 Å². The van der Waals surface area contributed by atoms with Gasteiger partial charge in [-0.2, -0.15) is 17.6 Å². The smallest absolute Gasteiger partial charge is 0.428 e. The maximum absolute atomic E-state index is 13.2. The molecule has 1 N–H and O–H groups in total. The topological polar surface area (TPSA) is 24.5 Å². The van der Waals surface area contributed by atoms with Crippen LogP contribution in [0, 0.1) is 0 Å². The summed E-state index contributed by atoms with van der Waals surface area (Å²) in [5.41, 5.74) is 0.688. The number of hydrogen-bond donors (Lipinski definition) is 1. The van der Waals surface area contributed by atoms with Gasteiger partial charge in [0.25, 0.3) is 0 Å². The number of nitrogens with one attached hydrogen (secondary N) is 1. The van der Waals surface area contributed by atoms with E-state index < -0.39 is 12.5 Å². The first kappa shape index (κ1) is 19.4. The SMILES string of the molecule is FC(F)C(F)(F)Oc1cccc([C@H](c2ccc(Cl)s2)N2CCNCC2)c1. The van der Waals surface area contributed by atoms with Gasteiger partial charge in [-0.25, -0.2) is 0 Å². The fourth-order valence-electron chi connectivity index (χ4n) is 2.92. The maximum atomic E-state index is 13.2. The molecule has 9 heteroatoms. The minimum atomic E-state index is -4.53. The molecular formula is C17H17ClF4N2OS. The van der Waals surface area contributed by atoms with Crippen LogP contribution in [-0.4, -0.2) is 43.6 Å². The lowest BCUT2D eigenvalue weighted by molar-refractivity contribution is -0.253. The van der Waals surface area contributed by atoms with Crippen molar-refractivity contribution in [2.75, 3.05) is 26.2 Å². The van der Waals surface area contributed by atoms with Gasteiger partial charge >= 0.3 is 12.5 Å². The average Bonchev–Trinajstić information content (AvgIpc) is 3.02. The molecule has 0 unspecified atom stereocenters. The van der Waals surface area contributed by atoms with Crippen LogP contribution in [0.25, 0.3) is 0 Å². The highest BCUT2D eigenvalue weighted by Gasteiger charge is 2.44. The number of piperazine rings is 1. The third-order valence-corrected chi connectivity index (χ3v) is 5.35. The van der Waals surface area contributed by atoms with Gasteiger partial charge < -0.3 is 10.1 Å². The normalized spacial score (nSPS) is 17.5. The van der Waals surface area contributed by atoms with E-state index in [1.807, 2.05) is 6.07 Å². The first-order valence-electron chi connectivity index (χ1n) is 8.02. The van der Waals surface area contributed by atoms with Gasteiger partial charge in [0.15, 0.2) is 0 Å². The van der Waals surface area contributed by atoms with Crippen LogP contribution in [0.3, 0.4) is 0 Å². The minimum Gasteiger partial charge on any atom is -0.428 e. The van der Waals surface area contributed by atoms with Crippen LogP contribution in [0.1, 0.15) is 16.5 Å². The molecule has 2 heterocycles. The highest BCUT2D eigenvalue weighted by Crippen LogP contribution is 2.37. The lowest BCUT2D eigenvalue weighted by Gasteiger charge is -2.35. The largest absolute Gasteiger partial charge is 0.461 e. The highest BCUT2D eigenvalue weighted by molar-refractivity contribution is 7.16. The zero-order chi connectivity index (χ0) is 18.7. The Bertz CT molecular complexity index is 737. The third kappa shape index (κ3) is 4.49. The summed E-state index contributed by atoms with van der Waals surface area (Å²) in [4.78, 5) is 3.15. The molecule has 1 aromatic carbocycles. The van der Waals surface area contributed by atoms with Gasteiger partial charge in [-0.3, -0.25) is 4.90 Å². The van der Waals surface area contributed by atoms with Crippen molar-refractivity contribution in [1.29, 1.82) is 0 Å². The maximum Gasteiger partial charge on any atom is 0.461 e. The van der Waals surface area contributed by atoms with Gasteiger partial charge in [0.2, 0.25) is 0 Å². The monoisotopic (exact) mass is 408 g/mol. The van der Waals surface area contributed by atoms with Gasteiger partial charge in [0, 0.05) is 31.1 Å². The van der Waals surface area contributed by atoms with Crippen LogP contribution in [0.15, 0.2) is 36.4 Å². The van der Waals surface area contributed by atoms with Crippen LogP contribution in [0.4, 0.5) is 17.6 Å². The first-order chi connectivity index (χ1) is 12.4. The van der Waals surface area contributed by atoms with Gasteiger partial charge in [0.05, 0.1) is 10.4 Å². The van der Waals surface area contributed by atoms with E-state index in [1.165, 1.54) is 29.5 Å². The highest BCUT2D eigenvalue weighted by atomic mass is 35.5. The van der Waals surface area contributed by atoms with Gasteiger partial charge in [-0.05, 0) is 29.8 Å². The van der Waals surface area contributed by atoms with Crippen LogP contribution < -0.4 is 10.1 Å². The summed E-state index contributed by atoms with van der Waals surface area (Å²) >= 11 is 7.47. The van der Waals surface area contributed by atoms with Gasteiger partial charge in [-0.15, -0.1) is 11.3 Å². The molecule has 0 bridgehead atoms. The summed E-state index contributed by atoms with van der Waals surface area (Å²) in [6.07, 6.45) is -8.43. The molecule has 1 fully saturated rings. The Labute approximate surface area is 157 Å². The van der Waals surface area contributed by atoms with Gasteiger partial charge in [0.1, 0.15) is 5.75 Å². The molecule has 0 spiro atoms. The molecule has 0 radical (unpaired) electrons. The molecule has 1 atom stereocenters. The molecule has 1 aliphatic rings. The predicted octanol–water partition coefficient (Wildman–Crippen LogP) is 4.63. The van der Waals surface area contributed by atoms with Crippen molar-refractivity contribution in [3.8, 4) is 5.75 Å². The van der Waals surface area contributed by atoms with Crippen molar-refractivity contribution in [2.45, 2.75) is 18.6 Å². The van der Waals surface area contributed by atoms with E-state index in [-0.39, 0.29) is 11.8 Å². The van der Waals surface area contributed by atoms with E-state index >= 15 is 0 Å². The van der Waals surface area contributed by atoms with Gasteiger partial charge in [-0.1, -0.05) is 23.7 Å². The van der Waals surface area contributed by atoms with Crippen molar-refractivity contribution < 1.29 is 22.3 Å². The fourth-order valence-corrected chi connectivity index (χ4v) is 4.14. The standard InChI is InChI=1S/C17H17ClF4N2OS/c18-14-5-4-13(26-14)15(24-8-6-23-7-9-24)11-2-1-3-12(10-11)25-17(21,22)16(19)20/h1-5,10,15-16,23H,6-9H2/t15-/m1/s1. The number of ether oxygens (including phenoxy) is 1. The Morgan fingerprint density at radius 3 is 2.50 bits per heavy atom. The summed E-state index contributed by atoms with van der Waals surface area (Å²) in [6, 6.07) is 9.39. The summed E-state index contributed by atoms with van der Waals surface area (Å²) in [7, 11) is 0. The minimum absolute atomic E-state index is 0.210. The molecule has 1 saturated heterocycles. The zero-order valence-corrected chi connectivity index (χ0v) is 15.2. The summed E-state index contributed by atoms with van der Waals surface area (Å²) < 4.78 is 56.2. The van der Waals surface area contributed by atoms with E-state index in [1.54, 1.807) is 12.1 Å². The predicted molar refractivity (Wildman–Crippen MR) is 93.6 cm³/mol. The molecule has 3 rings (SSSR count). The van der Waals surface area contributed by atoms with E-state index in [0.717, 1.165) is 31.1 Å². The fraction of sp³-hybridized carbons (Fsp3) is 0.412. The molecule has 1 aliphatic heterocycles. The second kappa shape index (κ2) is 8.12. The number of benzene rings is 1. The molecule has 3 nitrogen and oxygen atoms in total.